The topological polar surface area (TPSA) is 93.0 Å². The van der Waals surface area contributed by atoms with Crippen molar-refractivity contribution in [3.63, 3.8) is 0 Å². The quantitative estimate of drug-likeness (QED) is 0.241. The van der Waals surface area contributed by atoms with Crippen molar-refractivity contribution in [2.45, 2.75) is 37.8 Å². The first-order chi connectivity index (χ1) is 19.7. The standard InChI is InChI=1S/C32H37N3O5S.ClH/c1-22-9-11-29(12-10-22)41(37,38)34-15-13-24(14-16-34)32-23(2)35(31-8-6-5-7-30(31)32)21-26(36)20-33-25-17-27(39-3)19-28(18-25)40-4;/h5-13,17-19,26,33,36H,14-16,20-21H2,1-4H3;1H. The van der Waals surface area contributed by atoms with Crippen LogP contribution in [0.1, 0.15) is 23.2 Å². The van der Waals surface area contributed by atoms with E-state index < -0.39 is 16.1 Å². The number of rotatable bonds is 10. The third-order valence-corrected chi connectivity index (χ3v) is 9.55. The first-order valence-electron chi connectivity index (χ1n) is 13.7. The number of aryl methyl sites for hydroxylation is 1. The minimum Gasteiger partial charge on any atom is -0.497 e. The van der Waals surface area contributed by atoms with Crippen molar-refractivity contribution >= 4 is 44.6 Å². The van der Waals surface area contributed by atoms with Gasteiger partial charge in [0.25, 0.3) is 0 Å². The Morgan fingerprint density at radius 1 is 0.976 bits per heavy atom. The van der Waals surface area contributed by atoms with Gasteiger partial charge in [0.15, 0.2) is 0 Å². The molecule has 5 rings (SSSR count). The van der Waals surface area contributed by atoms with Gasteiger partial charge in [0.05, 0.1) is 31.8 Å². The van der Waals surface area contributed by atoms with Crippen molar-refractivity contribution in [3.05, 3.63) is 89.6 Å². The van der Waals surface area contributed by atoms with E-state index in [1.165, 1.54) is 0 Å². The van der Waals surface area contributed by atoms with Crippen LogP contribution in [0.25, 0.3) is 16.5 Å². The van der Waals surface area contributed by atoms with Gasteiger partial charge in [0, 0.05) is 65.7 Å². The molecule has 1 aliphatic rings. The van der Waals surface area contributed by atoms with Crippen LogP contribution in [0.5, 0.6) is 11.5 Å². The lowest BCUT2D eigenvalue weighted by atomic mass is 9.97. The van der Waals surface area contributed by atoms with Gasteiger partial charge in [-0.1, -0.05) is 42.0 Å². The van der Waals surface area contributed by atoms with Gasteiger partial charge in [0.2, 0.25) is 10.0 Å². The molecule has 42 heavy (non-hydrogen) atoms. The number of para-hydroxylation sites is 1. The number of hydrogen-bond donors (Lipinski definition) is 2. The molecule has 4 aromatic rings. The van der Waals surface area contributed by atoms with E-state index in [2.05, 4.69) is 28.9 Å². The molecular weight excluding hydrogens is 574 g/mol. The number of hydrogen-bond acceptors (Lipinski definition) is 6. The molecule has 224 valence electrons. The maximum atomic E-state index is 13.2. The molecular formula is C32H38ClN3O5S. The summed E-state index contributed by atoms with van der Waals surface area (Å²) in [7, 11) is -0.350. The second-order valence-corrected chi connectivity index (χ2v) is 12.3. The highest BCUT2D eigenvalue weighted by atomic mass is 35.5. The maximum Gasteiger partial charge on any atom is 0.243 e. The van der Waals surface area contributed by atoms with E-state index in [9.17, 15) is 13.5 Å². The van der Waals surface area contributed by atoms with E-state index in [0.717, 1.165) is 39.0 Å². The van der Waals surface area contributed by atoms with Gasteiger partial charge in [-0.2, -0.15) is 4.31 Å². The van der Waals surface area contributed by atoms with E-state index in [0.29, 0.717) is 49.0 Å². The van der Waals surface area contributed by atoms with Crippen LogP contribution < -0.4 is 14.8 Å². The van der Waals surface area contributed by atoms with Gasteiger partial charge in [0.1, 0.15) is 11.5 Å². The molecule has 0 saturated heterocycles. The Morgan fingerprint density at radius 3 is 2.26 bits per heavy atom. The molecule has 0 bridgehead atoms. The Bertz CT molecular complexity index is 1660. The van der Waals surface area contributed by atoms with Gasteiger partial charge in [-0.3, -0.25) is 0 Å². The second kappa shape index (κ2) is 13.2. The Morgan fingerprint density at radius 2 is 1.64 bits per heavy atom. The number of benzene rings is 3. The zero-order valence-corrected chi connectivity index (χ0v) is 26.0. The summed E-state index contributed by atoms with van der Waals surface area (Å²) in [5, 5.41) is 15.4. The lowest BCUT2D eigenvalue weighted by Gasteiger charge is -2.26. The summed E-state index contributed by atoms with van der Waals surface area (Å²) in [5.74, 6) is 1.34. The minimum absolute atomic E-state index is 0. The third kappa shape index (κ3) is 6.44. The molecule has 0 spiro atoms. The molecule has 0 saturated carbocycles. The predicted octanol–water partition coefficient (Wildman–Crippen LogP) is 5.65. The number of nitrogens with zero attached hydrogens (tertiary/aromatic N) is 2. The second-order valence-electron chi connectivity index (χ2n) is 10.4. The van der Waals surface area contributed by atoms with Crippen LogP contribution >= 0.6 is 12.4 Å². The Kier molecular flexibility index (Phi) is 9.89. The summed E-state index contributed by atoms with van der Waals surface area (Å²) < 4.78 is 40.8. The van der Waals surface area contributed by atoms with Gasteiger partial charge in [-0.05, 0) is 44.0 Å². The minimum atomic E-state index is -3.56. The molecule has 8 nitrogen and oxygen atoms in total. The molecule has 1 unspecified atom stereocenters. The zero-order chi connectivity index (χ0) is 29.1. The number of fused-ring (bicyclic) bond motifs is 1. The SMILES string of the molecule is COc1cc(NCC(O)Cn2c(C)c(C3=CCN(S(=O)(=O)c4ccc(C)cc4)CC3)c3ccccc32)cc(OC)c1.Cl. The summed E-state index contributed by atoms with van der Waals surface area (Å²) in [6.07, 6.45) is 1.98. The number of halogens is 1. The van der Waals surface area contributed by atoms with Gasteiger partial charge < -0.3 is 24.5 Å². The van der Waals surface area contributed by atoms with Crippen molar-refractivity contribution in [2.75, 3.05) is 39.2 Å². The number of sulfonamides is 1. The average Bonchev–Trinajstić information content (AvgIpc) is 3.26. The van der Waals surface area contributed by atoms with Gasteiger partial charge in [-0.25, -0.2) is 8.42 Å². The van der Waals surface area contributed by atoms with Crippen LogP contribution in [-0.2, 0) is 16.6 Å². The van der Waals surface area contributed by atoms with Crippen LogP contribution in [0.15, 0.2) is 77.7 Å². The van der Waals surface area contributed by atoms with Crippen molar-refractivity contribution in [1.29, 1.82) is 0 Å². The predicted molar refractivity (Wildman–Crippen MR) is 170 cm³/mol. The third-order valence-electron chi connectivity index (χ3n) is 7.67. The first kappa shape index (κ1) is 31.4. The number of nitrogens with one attached hydrogen (secondary N) is 1. The van der Waals surface area contributed by atoms with Crippen molar-refractivity contribution in [3.8, 4) is 11.5 Å². The largest absolute Gasteiger partial charge is 0.497 e. The normalized spacial score (nSPS) is 14.6. The van der Waals surface area contributed by atoms with E-state index in [1.807, 2.05) is 49.4 Å². The molecule has 0 fully saturated rings. The number of aliphatic hydroxyl groups excluding tert-OH is 1. The molecule has 1 aromatic heterocycles. The summed E-state index contributed by atoms with van der Waals surface area (Å²) >= 11 is 0. The monoisotopic (exact) mass is 611 g/mol. The molecule has 0 amide bonds. The molecule has 10 heteroatoms. The van der Waals surface area contributed by atoms with E-state index in [1.54, 1.807) is 36.7 Å². The van der Waals surface area contributed by atoms with Gasteiger partial charge >= 0.3 is 0 Å². The Labute approximate surface area is 254 Å². The molecule has 1 aliphatic heterocycles. The number of anilines is 1. The molecule has 2 N–H and O–H groups in total. The van der Waals surface area contributed by atoms with Crippen LogP contribution in [0.3, 0.4) is 0 Å². The Hall–Kier alpha value is -3.50. The van der Waals surface area contributed by atoms with E-state index >= 15 is 0 Å². The average molecular weight is 612 g/mol. The first-order valence-corrected chi connectivity index (χ1v) is 15.1. The van der Waals surface area contributed by atoms with Crippen LogP contribution in [-0.4, -0.2) is 62.4 Å². The summed E-state index contributed by atoms with van der Waals surface area (Å²) in [6, 6.07) is 20.7. The summed E-state index contributed by atoms with van der Waals surface area (Å²) in [5.41, 5.74) is 6.16. The van der Waals surface area contributed by atoms with Crippen molar-refractivity contribution < 1.29 is 23.0 Å². The molecule has 1 atom stereocenters. The number of methoxy groups -OCH3 is 2. The van der Waals surface area contributed by atoms with Crippen LogP contribution in [0.2, 0.25) is 0 Å². The number of aromatic nitrogens is 1. The highest BCUT2D eigenvalue weighted by Gasteiger charge is 2.28. The maximum absolute atomic E-state index is 13.2. The van der Waals surface area contributed by atoms with Crippen LogP contribution in [0.4, 0.5) is 5.69 Å². The lowest BCUT2D eigenvalue weighted by Crippen LogP contribution is -2.34. The summed E-state index contributed by atoms with van der Waals surface area (Å²) in [4.78, 5) is 0.322. The number of aliphatic hydroxyl groups is 1. The lowest BCUT2D eigenvalue weighted by molar-refractivity contribution is 0.167. The fourth-order valence-electron chi connectivity index (χ4n) is 5.45. The van der Waals surface area contributed by atoms with Crippen LogP contribution in [0, 0.1) is 13.8 Å². The van der Waals surface area contributed by atoms with E-state index in [-0.39, 0.29) is 12.4 Å². The van der Waals surface area contributed by atoms with Gasteiger partial charge in [-0.15, -0.1) is 12.4 Å². The Balaban J connectivity index is 0.00000405. The number of ether oxygens (including phenoxy) is 2. The fourth-order valence-corrected chi connectivity index (χ4v) is 6.83. The molecule has 0 radical (unpaired) electrons. The van der Waals surface area contributed by atoms with Crippen molar-refractivity contribution in [2.24, 2.45) is 0 Å². The molecule has 0 aliphatic carbocycles. The fraction of sp³-hybridized carbons (Fsp3) is 0.312. The van der Waals surface area contributed by atoms with E-state index in [4.69, 9.17) is 9.47 Å². The molecule has 3 aromatic carbocycles. The highest BCUT2D eigenvalue weighted by molar-refractivity contribution is 7.89. The zero-order valence-electron chi connectivity index (χ0n) is 24.3. The smallest absolute Gasteiger partial charge is 0.243 e. The molecule has 2 heterocycles. The summed E-state index contributed by atoms with van der Waals surface area (Å²) in [6.45, 7) is 5.49. The van der Waals surface area contributed by atoms with Crippen molar-refractivity contribution in [1.82, 2.24) is 8.87 Å². The highest BCUT2D eigenvalue weighted by Crippen LogP contribution is 2.35.